The lowest BCUT2D eigenvalue weighted by molar-refractivity contribution is 0.124. The van der Waals surface area contributed by atoms with Crippen molar-refractivity contribution in [2.45, 2.75) is 26.3 Å². The second kappa shape index (κ2) is 6.33. The number of nitrogens with two attached hydrogens (primary N) is 1. The quantitative estimate of drug-likeness (QED) is 0.758. The van der Waals surface area contributed by atoms with Crippen molar-refractivity contribution in [3.8, 4) is 5.88 Å². The molecule has 0 aliphatic rings. The molecule has 0 aliphatic carbocycles. The van der Waals surface area contributed by atoms with E-state index in [1.54, 1.807) is 7.11 Å². The number of rotatable bonds is 7. The van der Waals surface area contributed by atoms with Gasteiger partial charge in [-0.25, -0.2) is 9.97 Å². The number of ether oxygens (including phenoxy) is 2. The van der Waals surface area contributed by atoms with Crippen LogP contribution in [0.25, 0.3) is 11.2 Å². The van der Waals surface area contributed by atoms with Crippen LogP contribution in [0.15, 0.2) is 6.33 Å². The zero-order valence-electron chi connectivity index (χ0n) is 11.3. The van der Waals surface area contributed by atoms with Gasteiger partial charge in [-0.1, -0.05) is 13.3 Å². The van der Waals surface area contributed by atoms with E-state index in [9.17, 15) is 0 Å². The van der Waals surface area contributed by atoms with Crippen molar-refractivity contribution in [3.63, 3.8) is 0 Å². The number of imidazole rings is 1. The summed E-state index contributed by atoms with van der Waals surface area (Å²) < 4.78 is 12.5. The summed E-state index contributed by atoms with van der Waals surface area (Å²) in [6.45, 7) is 4.10. The Hall–Kier alpha value is -1.89. The molecule has 19 heavy (non-hydrogen) atoms. The number of hydrogen-bond donors (Lipinski definition) is 1. The molecule has 2 N–H and O–H groups in total. The Morgan fingerprint density at radius 2 is 2.16 bits per heavy atom. The van der Waals surface area contributed by atoms with Gasteiger partial charge in [0.1, 0.15) is 6.33 Å². The van der Waals surface area contributed by atoms with Gasteiger partial charge in [0.05, 0.1) is 20.3 Å². The molecule has 0 aromatic carbocycles. The van der Waals surface area contributed by atoms with E-state index in [1.807, 2.05) is 4.57 Å². The van der Waals surface area contributed by atoms with Crippen molar-refractivity contribution in [1.82, 2.24) is 19.5 Å². The second-order valence-corrected chi connectivity index (χ2v) is 4.14. The summed E-state index contributed by atoms with van der Waals surface area (Å²) in [7, 11) is 1.55. The van der Waals surface area contributed by atoms with Gasteiger partial charge >= 0.3 is 0 Å². The largest absolute Gasteiger partial charge is 0.479 e. The highest BCUT2D eigenvalue weighted by molar-refractivity contribution is 5.78. The Labute approximate surface area is 111 Å². The number of hydrogen-bond acceptors (Lipinski definition) is 6. The van der Waals surface area contributed by atoms with E-state index in [4.69, 9.17) is 15.2 Å². The van der Waals surface area contributed by atoms with Crippen molar-refractivity contribution in [1.29, 1.82) is 0 Å². The Morgan fingerprint density at radius 3 is 2.89 bits per heavy atom. The van der Waals surface area contributed by atoms with Crippen LogP contribution in [0.4, 0.5) is 5.95 Å². The highest BCUT2D eigenvalue weighted by Crippen LogP contribution is 2.22. The van der Waals surface area contributed by atoms with E-state index >= 15 is 0 Å². The average molecular weight is 265 g/mol. The third-order valence-electron chi connectivity index (χ3n) is 2.82. The molecular weight excluding hydrogens is 246 g/mol. The molecule has 0 unspecified atom stereocenters. The van der Waals surface area contributed by atoms with Gasteiger partial charge in [0.15, 0.2) is 11.2 Å². The third-order valence-corrected chi connectivity index (χ3v) is 2.82. The minimum absolute atomic E-state index is 0.396. The molecule has 0 atom stereocenters. The van der Waals surface area contributed by atoms with E-state index in [0.717, 1.165) is 19.4 Å². The second-order valence-electron chi connectivity index (χ2n) is 4.14. The fourth-order valence-electron chi connectivity index (χ4n) is 1.81. The van der Waals surface area contributed by atoms with Crippen molar-refractivity contribution >= 4 is 17.1 Å². The monoisotopic (exact) mass is 265 g/mol. The first-order chi connectivity index (χ1) is 9.27. The summed E-state index contributed by atoms with van der Waals surface area (Å²) in [5.41, 5.74) is 7.14. The molecule has 0 saturated carbocycles. The van der Waals surface area contributed by atoms with Gasteiger partial charge in [0.25, 0.3) is 0 Å². The van der Waals surface area contributed by atoms with Gasteiger partial charge < -0.3 is 15.2 Å². The number of nitrogens with zero attached hydrogens (tertiary/aromatic N) is 4. The van der Waals surface area contributed by atoms with Crippen LogP contribution in [-0.4, -0.2) is 39.8 Å². The maximum Gasteiger partial charge on any atom is 0.245 e. The fraction of sp³-hybridized carbons (Fsp3) is 0.583. The molecule has 0 spiro atoms. The van der Waals surface area contributed by atoms with E-state index in [2.05, 4.69) is 21.9 Å². The molecule has 2 aromatic heterocycles. The molecule has 0 fully saturated rings. The Balaban J connectivity index is 2.12. The zero-order valence-corrected chi connectivity index (χ0v) is 11.3. The van der Waals surface area contributed by atoms with E-state index in [0.29, 0.717) is 36.1 Å². The molecule has 0 amide bonds. The van der Waals surface area contributed by atoms with Gasteiger partial charge in [0.2, 0.25) is 11.8 Å². The molecule has 0 saturated heterocycles. The van der Waals surface area contributed by atoms with Crippen molar-refractivity contribution in [2.24, 2.45) is 0 Å². The number of methoxy groups -OCH3 is 1. The first-order valence-corrected chi connectivity index (χ1v) is 6.36. The number of anilines is 1. The van der Waals surface area contributed by atoms with E-state index in [1.165, 1.54) is 6.33 Å². The van der Waals surface area contributed by atoms with Crippen molar-refractivity contribution < 1.29 is 9.47 Å². The predicted molar refractivity (Wildman–Crippen MR) is 72.0 cm³/mol. The molecule has 104 valence electrons. The van der Waals surface area contributed by atoms with Crippen LogP contribution in [0.5, 0.6) is 5.88 Å². The number of nitrogen functional groups attached to an aromatic ring is 1. The van der Waals surface area contributed by atoms with Gasteiger partial charge in [-0.3, -0.25) is 4.57 Å². The van der Waals surface area contributed by atoms with Crippen LogP contribution in [0.2, 0.25) is 0 Å². The van der Waals surface area contributed by atoms with Gasteiger partial charge in [-0.2, -0.15) is 4.98 Å². The Bertz CT molecular complexity index is 540. The minimum Gasteiger partial charge on any atom is -0.479 e. The highest BCUT2D eigenvalue weighted by atomic mass is 16.5. The fourth-order valence-corrected chi connectivity index (χ4v) is 1.81. The van der Waals surface area contributed by atoms with E-state index in [-0.39, 0.29) is 0 Å². The third kappa shape index (κ3) is 2.93. The predicted octanol–water partition coefficient (Wildman–Crippen LogP) is 1.23. The first-order valence-electron chi connectivity index (χ1n) is 6.36. The molecule has 0 radical (unpaired) electrons. The Morgan fingerprint density at radius 1 is 1.32 bits per heavy atom. The maximum atomic E-state index is 5.89. The summed E-state index contributed by atoms with van der Waals surface area (Å²) in [5, 5.41) is 0. The summed E-state index contributed by atoms with van der Waals surface area (Å²) in [4.78, 5) is 12.4. The lowest BCUT2D eigenvalue weighted by atomic mass is 10.4. The number of aromatic nitrogens is 4. The van der Waals surface area contributed by atoms with Crippen molar-refractivity contribution in [2.75, 3.05) is 26.1 Å². The van der Waals surface area contributed by atoms with Crippen LogP contribution in [0.3, 0.4) is 0 Å². The average Bonchev–Trinajstić information content (AvgIpc) is 2.74. The molecule has 0 aliphatic heterocycles. The summed E-state index contributed by atoms with van der Waals surface area (Å²) >= 11 is 0. The summed E-state index contributed by atoms with van der Waals surface area (Å²) in [6, 6.07) is 0. The standard InChI is InChI=1S/C12H19N5O2/c1-3-4-6-19-7-5-17-10-9(16-12(17)13)11(18-2)15-8-14-10/h8H,3-7H2,1-2H3,(H2,13,16). The van der Waals surface area contributed by atoms with Crippen LogP contribution in [0, 0.1) is 0 Å². The molecule has 7 nitrogen and oxygen atoms in total. The SMILES string of the molecule is CCCCOCCn1c(N)nc2c(OC)ncnc21. The number of unbranched alkanes of at least 4 members (excludes halogenated alkanes) is 1. The van der Waals surface area contributed by atoms with E-state index < -0.39 is 0 Å². The minimum atomic E-state index is 0.396. The molecule has 2 heterocycles. The zero-order chi connectivity index (χ0) is 13.7. The molecular formula is C12H19N5O2. The Kier molecular flexibility index (Phi) is 4.51. The molecule has 0 bridgehead atoms. The lowest BCUT2D eigenvalue weighted by Crippen LogP contribution is -2.10. The topological polar surface area (TPSA) is 88.1 Å². The van der Waals surface area contributed by atoms with Crippen LogP contribution >= 0.6 is 0 Å². The first kappa shape index (κ1) is 13.5. The maximum absolute atomic E-state index is 5.89. The normalized spacial score (nSPS) is 11.1. The highest BCUT2D eigenvalue weighted by Gasteiger charge is 2.14. The molecule has 7 heteroatoms. The molecule has 2 aromatic rings. The van der Waals surface area contributed by atoms with Crippen LogP contribution in [0.1, 0.15) is 19.8 Å². The van der Waals surface area contributed by atoms with Gasteiger partial charge in [-0.15, -0.1) is 0 Å². The van der Waals surface area contributed by atoms with Gasteiger partial charge in [-0.05, 0) is 6.42 Å². The number of fused-ring (bicyclic) bond motifs is 1. The van der Waals surface area contributed by atoms with Crippen molar-refractivity contribution in [3.05, 3.63) is 6.33 Å². The lowest BCUT2D eigenvalue weighted by Gasteiger charge is -2.06. The molecule has 2 rings (SSSR count). The smallest absolute Gasteiger partial charge is 0.245 e. The summed E-state index contributed by atoms with van der Waals surface area (Å²) in [5.74, 6) is 0.829. The summed E-state index contributed by atoms with van der Waals surface area (Å²) in [6.07, 6.45) is 3.63. The van der Waals surface area contributed by atoms with Gasteiger partial charge in [0, 0.05) is 6.61 Å². The van der Waals surface area contributed by atoms with Crippen LogP contribution in [-0.2, 0) is 11.3 Å². The van der Waals surface area contributed by atoms with Crippen LogP contribution < -0.4 is 10.5 Å².